The number of aromatic nitrogens is 1. The number of hydrogen-bond acceptors (Lipinski definition) is 4. The first-order chi connectivity index (χ1) is 13.0. The number of aryl methyl sites for hydroxylation is 1. The van der Waals surface area contributed by atoms with Crippen LogP contribution in [-0.2, 0) is 16.1 Å². The average molecular weight is 384 g/mol. The maximum atomic E-state index is 12.5. The Labute approximate surface area is 161 Å². The van der Waals surface area contributed by atoms with Crippen molar-refractivity contribution in [2.24, 2.45) is 5.92 Å². The molecule has 1 aliphatic rings. The molecule has 1 atom stereocenters. The molecule has 1 N–H and O–H groups in total. The number of benzene rings is 2. The number of carbonyl (C=O) groups excluding carboxylic acids is 2. The molecule has 2 amide bonds. The fraction of sp³-hybridized carbons (Fsp3) is 0.250. The Morgan fingerprint density at radius 1 is 1.30 bits per heavy atom. The summed E-state index contributed by atoms with van der Waals surface area (Å²) in [4.78, 5) is 30.8. The highest BCUT2D eigenvalue weighted by Crippen LogP contribution is 2.28. The summed E-state index contributed by atoms with van der Waals surface area (Å²) in [5, 5.41) is 3.55. The summed E-state index contributed by atoms with van der Waals surface area (Å²) < 4.78 is 5.47. The van der Waals surface area contributed by atoms with Crippen LogP contribution in [0.4, 0.5) is 5.69 Å². The third kappa shape index (κ3) is 3.66. The Balaban J connectivity index is 1.42. The Bertz CT molecular complexity index is 1010. The molecule has 0 radical (unpaired) electrons. The quantitative estimate of drug-likeness (QED) is 0.748. The lowest BCUT2D eigenvalue weighted by Gasteiger charge is -2.16. The minimum absolute atomic E-state index is 0.0683. The largest absolute Gasteiger partial charge is 0.441 e. The normalized spacial score (nSPS) is 16.9. The number of amides is 2. The molecule has 0 spiro atoms. The van der Waals surface area contributed by atoms with Gasteiger partial charge >= 0.3 is 0 Å². The first-order valence-electron chi connectivity index (χ1n) is 8.69. The molecule has 4 rings (SSSR count). The summed E-state index contributed by atoms with van der Waals surface area (Å²) in [5.74, 6) is 0.00858. The zero-order valence-electron chi connectivity index (χ0n) is 14.7. The third-order valence-electron chi connectivity index (χ3n) is 4.67. The predicted molar refractivity (Wildman–Crippen MR) is 103 cm³/mol. The van der Waals surface area contributed by atoms with Gasteiger partial charge in [-0.25, -0.2) is 4.98 Å². The van der Waals surface area contributed by atoms with Gasteiger partial charge in [0, 0.05) is 37.1 Å². The van der Waals surface area contributed by atoms with Crippen molar-refractivity contribution in [2.45, 2.75) is 19.9 Å². The number of anilines is 1. The van der Waals surface area contributed by atoms with Gasteiger partial charge in [0.25, 0.3) is 0 Å². The molecule has 6 nitrogen and oxygen atoms in total. The van der Waals surface area contributed by atoms with Gasteiger partial charge in [0.2, 0.25) is 11.8 Å². The van der Waals surface area contributed by atoms with Gasteiger partial charge in [-0.05, 0) is 35.9 Å². The Hall–Kier alpha value is -2.86. The molecule has 0 saturated carbocycles. The molecular weight excluding hydrogens is 366 g/mol. The molecule has 2 aromatic carbocycles. The van der Waals surface area contributed by atoms with Crippen molar-refractivity contribution >= 4 is 40.2 Å². The monoisotopic (exact) mass is 383 g/mol. The molecule has 3 aromatic rings. The Morgan fingerprint density at radius 2 is 2.07 bits per heavy atom. The minimum atomic E-state index is -0.375. The summed E-state index contributed by atoms with van der Waals surface area (Å²) in [6.45, 7) is 2.54. The van der Waals surface area contributed by atoms with Crippen LogP contribution in [0.25, 0.3) is 11.1 Å². The van der Waals surface area contributed by atoms with Crippen LogP contribution >= 0.6 is 11.6 Å². The lowest BCUT2D eigenvalue weighted by Crippen LogP contribution is -2.32. The fourth-order valence-corrected chi connectivity index (χ4v) is 3.39. The third-order valence-corrected chi connectivity index (χ3v) is 4.92. The molecule has 1 fully saturated rings. The standard InChI is InChI=1S/C20H18ClN3O3/c1-12-23-17-9-16(6-7-18(17)27-12)24-11-14(8-19(24)25)20(26)22-10-13-2-4-15(21)5-3-13/h2-7,9,14H,8,10-11H2,1H3,(H,22,26)/t14-/m1/s1. The summed E-state index contributed by atoms with van der Waals surface area (Å²) in [5.41, 5.74) is 3.07. The van der Waals surface area contributed by atoms with E-state index in [4.69, 9.17) is 16.0 Å². The van der Waals surface area contributed by atoms with Crippen molar-refractivity contribution < 1.29 is 14.0 Å². The molecule has 1 aromatic heterocycles. The van der Waals surface area contributed by atoms with E-state index >= 15 is 0 Å². The molecule has 138 valence electrons. The number of nitrogens with zero attached hydrogens (tertiary/aromatic N) is 2. The van der Waals surface area contributed by atoms with E-state index in [0.717, 1.165) is 11.3 Å². The molecule has 0 bridgehead atoms. The highest BCUT2D eigenvalue weighted by atomic mass is 35.5. The van der Waals surface area contributed by atoms with Crippen LogP contribution in [0.3, 0.4) is 0 Å². The SMILES string of the molecule is Cc1nc2cc(N3C[C@H](C(=O)NCc4ccc(Cl)cc4)CC3=O)ccc2o1. The number of oxazole rings is 1. The van der Waals surface area contributed by atoms with Gasteiger partial charge in [0.15, 0.2) is 11.5 Å². The maximum absolute atomic E-state index is 12.5. The molecule has 0 aliphatic carbocycles. The van der Waals surface area contributed by atoms with E-state index < -0.39 is 0 Å². The summed E-state index contributed by atoms with van der Waals surface area (Å²) in [7, 11) is 0. The maximum Gasteiger partial charge on any atom is 0.227 e. The molecule has 2 heterocycles. The van der Waals surface area contributed by atoms with Crippen molar-refractivity contribution in [1.29, 1.82) is 0 Å². The summed E-state index contributed by atoms with van der Waals surface area (Å²) >= 11 is 5.87. The minimum Gasteiger partial charge on any atom is -0.441 e. The van der Waals surface area contributed by atoms with Crippen LogP contribution in [0, 0.1) is 12.8 Å². The van der Waals surface area contributed by atoms with Crippen molar-refractivity contribution in [3.63, 3.8) is 0 Å². The lowest BCUT2D eigenvalue weighted by molar-refractivity contribution is -0.126. The molecule has 7 heteroatoms. The molecule has 0 unspecified atom stereocenters. The molecule has 1 saturated heterocycles. The molecular formula is C20H18ClN3O3. The Morgan fingerprint density at radius 3 is 2.85 bits per heavy atom. The van der Waals surface area contributed by atoms with Gasteiger partial charge in [-0.2, -0.15) is 0 Å². The second-order valence-electron chi connectivity index (χ2n) is 6.63. The van der Waals surface area contributed by atoms with Gasteiger partial charge in [0.1, 0.15) is 5.52 Å². The second kappa shape index (κ2) is 7.04. The van der Waals surface area contributed by atoms with E-state index in [1.807, 2.05) is 24.3 Å². The molecule has 27 heavy (non-hydrogen) atoms. The number of carbonyl (C=O) groups is 2. The van der Waals surface area contributed by atoms with Crippen molar-refractivity contribution in [1.82, 2.24) is 10.3 Å². The fourth-order valence-electron chi connectivity index (χ4n) is 3.27. The van der Waals surface area contributed by atoms with Gasteiger partial charge in [-0.3, -0.25) is 9.59 Å². The number of halogens is 1. The van der Waals surface area contributed by atoms with E-state index in [0.29, 0.717) is 35.1 Å². The first-order valence-corrected chi connectivity index (χ1v) is 9.07. The van der Waals surface area contributed by atoms with E-state index in [-0.39, 0.29) is 24.2 Å². The topological polar surface area (TPSA) is 75.4 Å². The highest BCUT2D eigenvalue weighted by molar-refractivity contribution is 6.30. The Kier molecular flexibility index (Phi) is 4.58. The number of rotatable bonds is 4. The van der Waals surface area contributed by atoms with Crippen LogP contribution < -0.4 is 10.2 Å². The zero-order chi connectivity index (χ0) is 19.0. The second-order valence-corrected chi connectivity index (χ2v) is 7.07. The average Bonchev–Trinajstić information content (AvgIpc) is 3.22. The molecule has 1 aliphatic heterocycles. The van der Waals surface area contributed by atoms with Crippen LogP contribution in [0.15, 0.2) is 46.9 Å². The number of hydrogen-bond donors (Lipinski definition) is 1. The van der Waals surface area contributed by atoms with E-state index in [2.05, 4.69) is 10.3 Å². The van der Waals surface area contributed by atoms with Crippen LogP contribution in [0.1, 0.15) is 17.9 Å². The lowest BCUT2D eigenvalue weighted by atomic mass is 10.1. The van der Waals surface area contributed by atoms with Crippen molar-refractivity contribution in [3.8, 4) is 0 Å². The predicted octanol–water partition coefficient (Wildman–Crippen LogP) is 3.46. The number of fused-ring (bicyclic) bond motifs is 1. The zero-order valence-corrected chi connectivity index (χ0v) is 15.5. The van der Waals surface area contributed by atoms with Crippen molar-refractivity contribution in [3.05, 3.63) is 58.9 Å². The van der Waals surface area contributed by atoms with Gasteiger partial charge in [-0.1, -0.05) is 23.7 Å². The van der Waals surface area contributed by atoms with Gasteiger partial charge < -0.3 is 14.6 Å². The van der Waals surface area contributed by atoms with E-state index in [1.54, 1.807) is 30.0 Å². The van der Waals surface area contributed by atoms with Crippen LogP contribution in [0.2, 0.25) is 5.02 Å². The summed E-state index contributed by atoms with van der Waals surface area (Å²) in [6, 6.07) is 12.7. The van der Waals surface area contributed by atoms with Crippen LogP contribution in [-0.4, -0.2) is 23.3 Å². The van der Waals surface area contributed by atoms with Crippen molar-refractivity contribution in [2.75, 3.05) is 11.4 Å². The summed E-state index contributed by atoms with van der Waals surface area (Å²) in [6.07, 6.45) is 0.197. The smallest absolute Gasteiger partial charge is 0.227 e. The van der Waals surface area contributed by atoms with E-state index in [1.165, 1.54) is 0 Å². The van der Waals surface area contributed by atoms with Gasteiger partial charge in [-0.15, -0.1) is 0 Å². The van der Waals surface area contributed by atoms with Crippen LogP contribution in [0.5, 0.6) is 0 Å². The first kappa shape index (κ1) is 17.5. The number of nitrogens with one attached hydrogen (secondary N) is 1. The van der Waals surface area contributed by atoms with E-state index in [9.17, 15) is 9.59 Å². The van der Waals surface area contributed by atoms with Gasteiger partial charge in [0.05, 0.1) is 5.92 Å². The highest BCUT2D eigenvalue weighted by Gasteiger charge is 2.35.